The first-order chi connectivity index (χ1) is 15.9. The number of non-ortho nitro benzene ring substituents is 1. The Bertz CT molecular complexity index is 869. The minimum absolute atomic E-state index is 0.126. The quantitative estimate of drug-likeness (QED) is 0.156. The van der Waals surface area contributed by atoms with Crippen LogP contribution in [0.3, 0.4) is 0 Å². The SMILES string of the molecule is CCCCCCC(CCCCCC)=NNc1ccc([N+](=O)[O-])cc1S(=O)(=O)N1CCOCC1. The van der Waals surface area contributed by atoms with Crippen molar-refractivity contribution >= 4 is 27.1 Å². The molecule has 0 atom stereocenters. The van der Waals surface area contributed by atoms with E-state index < -0.39 is 14.9 Å². The molecule has 33 heavy (non-hydrogen) atoms. The fraction of sp³-hybridized carbons (Fsp3) is 0.696. The summed E-state index contributed by atoms with van der Waals surface area (Å²) in [5.41, 5.74) is 3.93. The molecule has 1 aromatic rings. The van der Waals surface area contributed by atoms with Crippen molar-refractivity contribution < 1.29 is 18.1 Å². The number of hydrogen-bond acceptors (Lipinski definition) is 7. The summed E-state index contributed by atoms with van der Waals surface area (Å²) >= 11 is 0. The van der Waals surface area contributed by atoms with Crippen LogP contribution in [0.2, 0.25) is 0 Å². The smallest absolute Gasteiger partial charge is 0.270 e. The number of nitro groups is 1. The number of benzene rings is 1. The minimum Gasteiger partial charge on any atom is -0.379 e. The van der Waals surface area contributed by atoms with Gasteiger partial charge in [0.15, 0.2) is 0 Å². The van der Waals surface area contributed by atoms with Gasteiger partial charge in [-0.1, -0.05) is 52.4 Å². The van der Waals surface area contributed by atoms with Gasteiger partial charge < -0.3 is 4.74 Å². The second-order valence-corrected chi connectivity index (χ2v) is 10.3. The van der Waals surface area contributed by atoms with Crippen LogP contribution >= 0.6 is 0 Å². The number of ether oxygens (including phenoxy) is 1. The predicted octanol–water partition coefficient (Wildman–Crippen LogP) is 5.32. The molecule has 1 heterocycles. The van der Waals surface area contributed by atoms with Crippen LogP contribution in [-0.2, 0) is 14.8 Å². The van der Waals surface area contributed by atoms with E-state index in [4.69, 9.17) is 4.74 Å². The molecule has 0 unspecified atom stereocenters. The van der Waals surface area contributed by atoms with Crippen LogP contribution in [0.1, 0.15) is 78.1 Å². The lowest BCUT2D eigenvalue weighted by atomic mass is 10.0. The number of nitro benzene ring substituents is 1. The number of anilines is 1. The number of hydrogen-bond donors (Lipinski definition) is 1. The number of unbranched alkanes of at least 4 members (excludes halogenated alkanes) is 6. The van der Waals surface area contributed by atoms with Crippen molar-refractivity contribution in [3.8, 4) is 0 Å². The standard InChI is InChI=1S/C23H38N4O5S/c1-3-5-7-9-11-20(12-10-8-6-4-2)24-25-22-14-13-21(27(28)29)19-23(22)33(30,31)26-15-17-32-18-16-26/h13-14,19,25H,3-12,15-18H2,1-2H3. The molecule has 1 aromatic carbocycles. The van der Waals surface area contributed by atoms with E-state index in [-0.39, 0.29) is 29.4 Å². The molecule has 0 aliphatic carbocycles. The van der Waals surface area contributed by atoms with Crippen LogP contribution in [0, 0.1) is 10.1 Å². The average molecular weight is 483 g/mol. The lowest BCUT2D eigenvalue weighted by Crippen LogP contribution is -2.40. The largest absolute Gasteiger partial charge is 0.379 e. The van der Waals surface area contributed by atoms with E-state index in [0.29, 0.717) is 13.2 Å². The fourth-order valence-electron chi connectivity index (χ4n) is 3.74. The molecule has 1 N–H and O–H groups in total. The van der Waals surface area contributed by atoms with Gasteiger partial charge in [0.25, 0.3) is 5.69 Å². The molecular weight excluding hydrogens is 444 g/mol. The third-order valence-electron chi connectivity index (χ3n) is 5.74. The highest BCUT2D eigenvalue weighted by Crippen LogP contribution is 2.29. The number of hydrazone groups is 1. The highest BCUT2D eigenvalue weighted by atomic mass is 32.2. The molecule has 0 radical (unpaired) electrons. The number of rotatable bonds is 15. The number of sulfonamides is 1. The van der Waals surface area contributed by atoms with E-state index in [1.54, 1.807) is 0 Å². The first-order valence-electron chi connectivity index (χ1n) is 12.1. The van der Waals surface area contributed by atoms with E-state index >= 15 is 0 Å². The van der Waals surface area contributed by atoms with Crippen LogP contribution in [-0.4, -0.2) is 49.7 Å². The molecule has 0 amide bonds. The zero-order valence-corrected chi connectivity index (χ0v) is 20.7. The van der Waals surface area contributed by atoms with Crippen molar-refractivity contribution in [3.63, 3.8) is 0 Å². The van der Waals surface area contributed by atoms with Gasteiger partial charge in [-0.2, -0.15) is 9.41 Å². The van der Waals surface area contributed by atoms with E-state index in [0.717, 1.165) is 63.1 Å². The maximum absolute atomic E-state index is 13.3. The Labute approximate surface area is 197 Å². The van der Waals surface area contributed by atoms with Gasteiger partial charge in [-0.3, -0.25) is 15.5 Å². The molecule has 1 saturated heterocycles. The van der Waals surface area contributed by atoms with Crippen molar-refractivity contribution in [3.05, 3.63) is 28.3 Å². The second kappa shape index (κ2) is 14.3. The molecule has 1 aliphatic rings. The van der Waals surface area contributed by atoms with Gasteiger partial charge >= 0.3 is 0 Å². The normalized spacial score (nSPS) is 14.7. The summed E-state index contributed by atoms with van der Waals surface area (Å²) in [4.78, 5) is 10.6. The van der Waals surface area contributed by atoms with Gasteiger partial charge in [-0.05, 0) is 31.7 Å². The third-order valence-corrected chi connectivity index (χ3v) is 7.67. The fourth-order valence-corrected chi connectivity index (χ4v) is 5.31. The topological polar surface area (TPSA) is 114 Å². The van der Waals surface area contributed by atoms with E-state index in [1.165, 1.54) is 29.3 Å². The monoisotopic (exact) mass is 482 g/mol. The van der Waals surface area contributed by atoms with Crippen LogP contribution in [0.4, 0.5) is 11.4 Å². The molecule has 0 saturated carbocycles. The van der Waals surface area contributed by atoms with Crippen molar-refractivity contribution in [2.75, 3.05) is 31.7 Å². The average Bonchev–Trinajstić information content (AvgIpc) is 2.82. The Morgan fingerprint density at radius 3 is 2.21 bits per heavy atom. The van der Waals surface area contributed by atoms with Crippen LogP contribution < -0.4 is 5.43 Å². The summed E-state index contributed by atoms with van der Waals surface area (Å²) < 4.78 is 33.1. The first-order valence-corrected chi connectivity index (χ1v) is 13.5. The summed E-state index contributed by atoms with van der Waals surface area (Å²) in [6, 6.07) is 3.85. The summed E-state index contributed by atoms with van der Waals surface area (Å²) in [5, 5.41) is 15.9. The highest BCUT2D eigenvalue weighted by molar-refractivity contribution is 7.89. The molecule has 1 aliphatic heterocycles. The Morgan fingerprint density at radius 2 is 1.67 bits per heavy atom. The molecule has 9 nitrogen and oxygen atoms in total. The van der Waals surface area contributed by atoms with Gasteiger partial charge in [-0.25, -0.2) is 8.42 Å². The predicted molar refractivity (Wildman–Crippen MR) is 131 cm³/mol. The number of morpholine rings is 1. The number of nitrogens with zero attached hydrogens (tertiary/aromatic N) is 3. The van der Waals surface area contributed by atoms with Gasteiger partial charge in [0, 0.05) is 30.9 Å². The summed E-state index contributed by atoms with van der Waals surface area (Å²) in [7, 11) is -3.93. The molecule has 186 valence electrons. The highest BCUT2D eigenvalue weighted by Gasteiger charge is 2.30. The summed E-state index contributed by atoms with van der Waals surface area (Å²) in [5.74, 6) is 0. The van der Waals surface area contributed by atoms with Crippen molar-refractivity contribution in [2.45, 2.75) is 83.0 Å². The summed E-state index contributed by atoms with van der Waals surface area (Å²) in [6.45, 7) is 5.38. The Balaban J connectivity index is 2.27. The van der Waals surface area contributed by atoms with Gasteiger partial charge in [-0.15, -0.1) is 0 Å². The lowest BCUT2D eigenvalue weighted by Gasteiger charge is -2.26. The zero-order valence-electron chi connectivity index (χ0n) is 19.9. The third kappa shape index (κ3) is 8.68. The zero-order chi connectivity index (χ0) is 24.1. The van der Waals surface area contributed by atoms with Crippen molar-refractivity contribution in [1.29, 1.82) is 0 Å². The molecule has 2 rings (SSSR count). The van der Waals surface area contributed by atoms with E-state index in [1.807, 2.05) is 0 Å². The van der Waals surface area contributed by atoms with Crippen LogP contribution in [0.5, 0.6) is 0 Å². The van der Waals surface area contributed by atoms with Gasteiger partial charge in [0.2, 0.25) is 10.0 Å². The molecular formula is C23H38N4O5S. The van der Waals surface area contributed by atoms with Crippen molar-refractivity contribution in [1.82, 2.24) is 4.31 Å². The maximum atomic E-state index is 13.3. The molecule has 0 aromatic heterocycles. The van der Waals surface area contributed by atoms with E-state index in [2.05, 4.69) is 24.4 Å². The second-order valence-electron chi connectivity index (χ2n) is 8.37. The molecule has 10 heteroatoms. The lowest BCUT2D eigenvalue weighted by molar-refractivity contribution is -0.385. The Morgan fingerprint density at radius 1 is 1.06 bits per heavy atom. The minimum atomic E-state index is -3.93. The van der Waals surface area contributed by atoms with Crippen LogP contribution in [0.25, 0.3) is 0 Å². The maximum Gasteiger partial charge on any atom is 0.270 e. The van der Waals surface area contributed by atoms with Crippen molar-refractivity contribution in [2.24, 2.45) is 5.10 Å². The van der Waals surface area contributed by atoms with Crippen LogP contribution in [0.15, 0.2) is 28.2 Å². The van der Waals surface area contributed by atoms with E-state index in [9.17, 15) is 18.5 Å². The van der Waals surface area contributed by atoms with Gasteiger partial charge in [0.05, 0.1) is 23.8 Å². The summed E-state index contributed by atoms with van der Waals surface area (Å²) in [6.07, 6.45) is 10.8. The Hall–Kier alpha value is -2.04. The Kier molecular flexibility index (Phi) is 11.8. The molecule has 0 spiro atoms. The first kappa shape index (κ1) is 27.2. The number of nitrogens with one attached hydrogen (secondary N) is 1. The molecule has 1 fully saturated rings. The van der Waals surface area contributed by atoms with Gasteiger partial charge in [0.1, 0.15) is 4.90 Å². The molecule has 0 bridgehead atoms.